The molecule has 154 valence electrons. The Hall–Kier alpha value is -3.15. The molecule has 29 heavy (non-hydrogen) atoms. The molecule has 0 aromatic heterocycles. The highest BCUT2D eigenvalue weighted by atomic mass is 16.6. The zero-order valence-electron chi connectivity index (χ0n) is 17.4. The largest absolute Gasteiger partial charge is 0.482 e. The van der Waals surface area contributed by atoms with Gasteiger partial charge in [0, 0.05) is 16.7 Å². The van der Waals surface area contributed by atoms with Crippen molar-refractivity contribution in [2.75, 3.05) is 11.9 Å². The first kappa shape index (κ1) is 22.1. The number of ether oxygens (including phenoxy) is 2. The van der Waals surface area contributed by atoms with Gasteiger partial charge in [0.15, 0.2) is 12.7 Å². The summed E-state index contributed by atoms with van der Waals surface area (Å²) in [5.41, 5.74) is 1.37. The third-order valence-corrected chi connectivity index (χ3v) is 4.23. The number of Topliss-reactive ketones (excluding diaryl/α,β-unsaturated/α-hetero) is 1. The second kappa shape index (κ2) is 9.37. The monoisotopic (exact) mass is 397 g/mol. The number of nitrogens with one attached hydrogen (secondary N) is 1. The van der Waals surface area contributed by atoms with Crippen LogP contribution < -0.4 is 10.1 Å². The van der Waals surface area contributed by atoms with E-state index in [0.29, 0.717) is 17.0 Å². The summed E-state index contributed by atoms with van der Waals surface area (Å²) in [5.74, 6) is -0.477. The van der Waals surface area contributed by atoms with E-state index in [9.17, 15) is 14.4 Å². The summed E-state index contributed by atoms with van der Waals surface area (Å²) < 4.78 is 10.6. The minimum absolute atomic E-state index is 0.118. The van der Waals surface area contributed by atoms with Crippen molar-refractivity contribution in [1.29, 1.82) is 0 Å². The molecular formula is C23H27NO5. The molecule has 2 rings (SSSR count). The van der Waals surface area contributed by atoms with Crippen LogP contribution in [-0.4, -0.2) is 30.4 Å². The fourth-order valence-electron chi connectivity index (χ4n) is 2.41. The van der Waals surface area contributed by atoms with Gasteiger partial charge < -0.3 is 14.8 Å². The van der Waals surface area contributed by atoms with Crippen LogP contribution >= 0.6 is 0 Å². The zero-order chi connectivity index (χ0) is 21.6. The topological polar surface area (TPSA) is 81.7 Å². The molecule has 0 saturated heterocycles. The second-order valence-corrected chi connectivity index (χ2v) is 7.83. The van der Waals surface area contributed by atoms with Gasteiger partial charge in [-0.25, -0.2) is 4.79 Å². The van der Waals surface area contributed by atoms with E-state index < -0.39 is 17.5 Å². The predicted molar refractivity (Wildman–Crippen MR) is 111 cm³/mol. The molecule has 0 spiro atoms. The quantitative estimate of drug-likeness (QED) is 0.560. The van der Waals surface area contributed by atoms with Crippen LogP contribution in [0.3, 0.4) is 0 Å². The Morgan fingerprint density at radius 2 is 1.62 bits per heavy atom. The summed E-state index contributed by atoms with van der Waals surface area (Å²) in [4.78, 5) is 36.5. The van der Waals surface area contributed by atoms with Crippen LogP contribution in [0.5, 0.6) is 5.75 Å². The minimum Gasteiger partial charge on any atom is -0.482 e. The average molecular weight is 397 g/mol. The van der Waals surface area contributed by atoms with Gasteiger partial charge in [-0.05, 0) is 49.7 Å². The van der Waals surface area contributed by atoms with E-state index in [2.05, 4.69) is 5.32 Å². The van der Waals surface area contributed by atoms with Crippen molar-refractivity contribution in [1.82, 2.24) is 0 Å². The molecule has 2 aromatic carbocycles. The lowest BCUT2D eigenvalue weighted by atomic mass is 9.95. The molecule has 1 atom stereocenters. The number of benzene rings is 2. The van der Waals surface area contributed by atoms with Gasteiger partial charge in [-0.3, -0.25) is 9.59 Å². The van der Waals surface area contributed by atoms with E-state index in [1.165, 1.54) is 6.92 Å². The van der Waals surface area contributed by atoms with Crippen molar-refractivity contribution in [3.05, 3.63) is 59.7 Å². The lowest BCUT2D eigenvalue weighted by Gasteiger charge is -2.18. The number of amides is 1. The number of para-hydroxylation sites is 1. The van der Waals surface area contributed by atoms with Gasteiger partial charge in [0.2, 0.25) is 11.7 Å². The van der Waals surface area contributed by atoms with E-state index in [0.717, 1.165) is 5.56 Å². The molecule has 0 bridgehead atoms. The standard InChI is InChI=1S/C23H27NO5/c1-15-8-6-7-9-19(15)28-14-20(25)29-16(2)21(26)17-10-12-18(13-11-17)24-22(27)23(3,4)5/h6-13,16H,14H2,1-5H3,(H,24,27). The zero-order valence-corrected chi connectivity index (χ0v) is 17.4. The van der Waals surface area contributed by atoms with Crippen LogP contribution in [0.1, 0.15) is 43.6 Å². The molecule has 0 heterocycles. The number of hydrogen-bond acceptors (Lipinski definition) is 5. The van der Waals surface area contributed by atoms with Crippen LogP contribution in [0.2, 0.25) is 0 Å². The van der Waals surface area contributed by atoms with Crippen LogP contribution in [0.15, 0.2) is 48.5 Å². The number of carbonyl (C=O) groups excluding carboxylic acids is 3. The van der Waals surface area contributed by atoms with Gasteiger partial charge >= 0.3 is 5.97 Å². The Bertz CT molecular complexity index is 881. The molecular weight excluding hydrogens is 370 g/mol. The number of hydrogen-bond donors (Lipinski definition) is 1. The number of ketones is 1. The molecule has 2 aromatic rings. The van der Waals surface area contributed by atoms with Crippen molar-refractivity contribution >= 4 is 23.3 Å². The van der Waals surface area contributed by atoms with Crippen molar-refractivity contribution in [3.63, 3.8) is 0 Å². The molecule has 0 radical (unpaired) electrons. The Kier molecular flexibility index (Phi) is 7.15. The summed E-state index contributed by atoms with van der Waals surface area (Å²) in [5, 5.41) is 2.79. The van der Waals surface area contributed by atoms with Crippen LogP contribution in [-0.2, 0) is 14.3 Å². The summed E-state index contributed by atoms with van der Waals surface area (Å²) in [6.45, 7) is 8.57. The number of rotatable bonds is 7. The Morgan fingerprint density at radius 3 is 2.21 bits per heavy atom. The first-order valence-corrected chi connectivity index (χ1v) is 9.41. The molecule has 0 aliphatic rings. The predicted octanol–water partition coefficient (Wildman–Crippen LogP) is 4.17. The highest BCUT2D eigenvalue weighted by Gasteiger charge is 2.22. The number of anilines is 1. The van der Waals surface area contributed by atoms with Crippen LogP contribution in [0.25, 0.3) is 0 Å². The number of aryl methyl sites for hydroxylation is 1. The second-order valence-electron chi connectivity index (χ2n) is 7.83. The van der Waals surface area contributed by atoms with Crippen LogP contribution in [0.4, 0.5) is 5.69 Å². The third-order valence-electron chi connectivity index (χ3n) is 4.23. The number of carbonyl (C=O) groups is 3. The lowest BCUT2D eigenvalue weighted by molar-refractivity contribution is -0.148. The molecule has 0 aliphatic carbocycles. The van der Waals surface area contributed by atoms with E-state index >= 15 is 0 Å². The molecule has 0 saturated carbocycles. The first-order valence-electron chi connectivity index (χ1n) is 9.41. The molecule has 1 unspecified atom stereocenters. The van der Waals surface area contributed by atoms with E-state index in [4.69, 9.17) is 9.47 Å². The van der Waals surface area contributed by atoms with Crippen molar-refractivity contribution in [3.8, 4) is 5.75 Å². The first-order chi connectivity index (χ1) is 13.6. The van der Waals surface area contributed by atoms with E-state index in [1.807, 2.05) is 45.9 Å². The third kappa shape index (κ3) is 6.45. The maximum Gasteiger partial charge on any atom is 0.344 e. The van der Waals surface area contributed by atoms with Gasteiger partial charge in [-0.1, -0.05) is 39.0 Å². The normalized spacial score (nSPS) is 12.0. The maximum atomic E-state index is 12.5. The van der Waals surface area contributed by atoms with E-state index in [-0.39, 0.29) is 18.3 Å². The fraction of sp³-hybridized carbons (Fsp3) is 0.348. The van der Waals surface area contributed by atoms with Crippen molar-refractivity contribution in [2.24, 2.45) is 5.41 Å². The highest BCUT2D eigenvalue weighted by Crippen LogP contribution is 2.19. The molecule has 6 heteroatoms. The van der Waals surface area contributed by atoms with E-state index in [1.54, 1.807) is 30.3 Å². The molecule has 1 N–H and O–H groups in total. The van der Waals surface area contributed by atoms with Gasteiger partial charge in [0.05, 0.1) is 0 Å². The maximum absolute atomic E-state index is 12.5. The Balaban J connectivity index is 1.89. The Labute approximate surface area is 171 Å². The average Bonchev–Trinajstić information content (AvgIpc) is 2.66. The van der Waals surface area contributed by atoms with Gasteiger partial charge in [0.1, 0.15) is 5.75 Å². The molecule has 0 aliphatic heterocycles. The van der Waals surface area contributed by atoms with Crippen molar-refractivity contribution in [2.45, 2.75) is 40.7 Å². The highest BCUT2D eigenvalue weighted by molar-refractivity contribution is 6.01. The summed E-state index contributed by atoms with van der Waals surface area (Å²) in [6.07, 6.45) is -0.946. The van der Waals surface area contributed by atoms with Crippen molar-refractivity contribution < 1.29 is 23.9 Å². The summed E-state index contributed by atoms with van der Waals surface area (Å²) >= 11 is 0. The Morgan fingerprint density at radius 1 is 1.00 bits per heavy atom. The minimum atomic E-state index is -0.946. The summed E-state index contributed by atoms with van der Waals surface area (Å²) in [7, 11) is 0. The number of esters is 1. The fourth-order valence-corrected chi connectivity index (χ4v) is 2.41. The molecule has 6 nitrogen and oxygen atoms in total. The SMILES string of the molecule is Cc1ccccc1OCC(=O)OC(C)C(=O)c1ccc(NC(=O)C(C)(C)C)cc1. The smallest absolute Gasteiger partial charge is 0.344 e. The molecule has 0 fully saturated rings. The van der Waals surface area contributed by atoms with Crippen LogP contribution in [0, 0.1) is 12.3 Å². The molecule has 1 amide bonds. The lowest BCUT2D eigenvalue weighted by Crippen LogP contribution is -2.28. The van der Waals surface area contributed by atoms with Gasteiger partial charge in [-0.15, -0.1) is 0 Å². The van der Waals surface area contributed by atoms with Gasteiger partial charge in [-0.2, -0.15) is 0 Å². The summed E-state index contributed by atoms with van der Waals surface area (Å²) in [6, 6.07) is 13.8. The van der Waals surface area contributed by atoms with Gasteiger partial charge in [0.25, 0.3) is 0 Å².